The molecular weight excluding hydrogens is 203 g/mol. The molecule has 0 aliphatic carbocycles. The number of carbonyl (C=O) groups is 1. The second-order valence-corrected chi connectivity index (χ2v) is 5.38. The molecule has 0 aromatic heterocycles. The largest absolute Gasteiger partial charge is 1.00 e. The SMILES string of the molecule is O=C([O-])CCCC1CCSS1.[Na+]. The maximum absolute atomic E-state index is 10.0. The van der Waals surface area contributed by atoms with Gasteiger partial charge in [0, 0.05) is 17.0 Å². The van der Waals surface area contributed by atoms with Crippen LogP contribution in [0.25, 0.3) is 0 Å². The molecule has 5 heteroatoms. The van der Waals surface area contributed by atoms with Crippen LogP contribution in [0.2, 0.25) is 0 Å². The van der Waals surface area contributed by atoms with E-state index in [0.29, 0.717) is 5.25 Å². The van der Waals surface area contributed by atoms with Gasteiger partial charge < -0.3 is 9.90 Å². The molecule has 1 rings (SSSR count). The van der Waals surface area contributed by atoms with Crippen molar-refractivity contribution in [1.29, 1.82) is 0 Å². The van der Waals surface area contributed by atoms with Gasteiger partial charge in [-0.05, 0) is 25.7 Å². The number of carboxylic acids is 1. The molecule has 0 radical (unpaired) electrons. The third-order valence-electron chi connectivity index (χ3n) is 1.63. The van der Waals surface area contributed by atoms with E-state index in [0.717, 1.165) is 12.8 Å². The average Bonchev–Trinajstić information content (AvgIpc) is 2.39. The number of hydrogen-bond acceptors (Lipinski definition) is 4. The standard InChI is InChI=1S/C7H12O2S2.Na/c8-7(9)3-1-2-6-4-5-10-11-6;/h6H,1-5H2,(H,8,9);/q;+1/p-1. The van der Waals surface area contributed by atoms with Gasteiger partial charge in [-0.15, -0.1) is 0 Å². The summed E-state index contributed by atoms with van der Waals surface area (Å²) in [4.78, 5) is 10.0. The molecule has 0 aromatic carbocycles. The number of hydrogen-bond donors (Lipinski definition) is 0. The van der Waals surface area contributed by atoms with Crippen LogP contribution in [0.1, 0.15) is 25.7 Å². The molecule has 0 bridgehead atoms. The Morgan fingerprint density at radius 3 is 2.83 bits per heavy atom. The van der Waals surface area contributed by atoms with Crippen LogP contribution in [0.3, 0.4) is 0 Å². The van der Waals surface area contributed by atoms with Crippen molar-refractivity contribution in [1.82, 2.24) is 0 Å². The number of carbonyl (C=O) groups excluding carboxylic acids is 1. The molecule has 1 fully saturated rings. The Bertz CT molecular complexity index is 137. The Morgan fingerprint density at radius 1 is 1.58 bits per heavy atom. The maximum atomic E-state index is 10.0. The van der Waals surface area contributed by atoms with Gasteiger partial charge in [0.25, 0.3) is 0 Å². The normalized spacial score (nSPS) is 21.8. The quantitative estimate of drug-likeness (QED) is 0.403. The summed E-state index contributed by atoms with van der Waals surface area (Å²) in [6.45, 7) is 0. The summed E-state index contributed by atoms with van der Waals surface area (Å²) in [6.07, 6.45) is 3.27. The van der Waals surface area contributed by atoms with Crippen LogP contribution in [0.4, 0.5) is 0 Å². The molecular formula is C7H11NaO2S2. The zero-order chi connectivity index (χ0) is 8.10. The first kappa shape index (κ1) is 13.2. The third-order valence-corrected chi connectivity index (χ3v) is 4.64. The second-order valence-electron chi connectivity index (χ2n) is 2.59. The van der Waals surface area contributed by atoms with Gasteiger partial charge in [-0.1, -0.05) is 21.6 Å². The Morgan fingerprint density at radius 2 is 2.33 bits per heavy atom. The molecule has 0 spiro atoms. The van der Waals surface area contributed by atoms with E-state index in [1.54, 1.807) is 0 Å². The van der Waals surface area contributed by atoms with Gasteiger partial charge in [0.2, 0.25) is 0 Å². The van der Waals surface area contributed by atoms with Crippen molar-refractivity contribution >= 4 is 27.6 Å². The monoisotopic (exact) mass is 214 g/mol. The number of aliphatic carboxylic acids is 1. The molecule has 1 heterocycles. The van der Waals surface area contributed by atoms with Crippen LogP contribution in [0.5, 0.6) is 0 Å². The Kier molecular flexibility index (Phi) is 8.30. The first-order valence-corrected chi connectivity index (χ1v) is 6.15. The predicted molar refractivity (Wildman–Crippen MR) is 47.3 cm³/mol. The summed E-state index contributed by atoms with van der Waals surface area (Å²) >= 11 is 0. The molecule has 64 valence electrons. The molecule has 1 saturated heterocycles. The summed E-state index contributed by atoms with van der Waals surface area (Å²) in [7, 11) is 3.79. The zero-order valence-corrected chi connectivity index (χ0v) is 10.9. The fourth-order valence-corrected chi connectivity index (χ4v) is 4.07. The third kappa shape index (κ3) is 5.75. The van der Waals surface area contributed by atoms with Crippen molar-refractivity contribution in [2.45, 2.75) is 30.9 Å². The van der Waals surface area contributed by atoms with Gasteiger partial charge >= 0.3 is 29.6 Å². The van der Waals surface area contributed by atoms with Crippen molar-refractivity contribution in [2.75, 3.05) is 5.75 Å². The number of carboxylic acid groups (broad SMARTS) is 1. The van der Waals surface area contributed by atoms with Gasteiger partial charge in [0.15, 0.2) is 0 Å². The molecule has 1 aliphatic heterocycles. The molecule has 0 saturated carbocycles. The van der Waals surface area contributed by atoms with Gasteiger partial charge in [-0.2, -0.15) is 0 Å². The van der Waals surface area contributed by atoms with E-state index in [2.05, 4.69) is 0 Å². The van der Waals surface area contributed by atoms with Gasteiger partial charge in [0.1, 0.15) is 0 Å². The second kappa shape index (κ2) is 7.56. The summed E-state index contributed by atoms with van der Waals surface area (Å²) in [5.41, 5.74) is 0. The molecule has 0 N–H and O–H groups in total. The van der Waals surface area contributed by atoms with E-state index < -0.39 is 5.97 Å². The van der Waals surface area contributed by atoms with Crippen LogP contribution in [-0.2, 0) is 4.79 Å². The topological polar surface area (TPSA) is 40.1 Å². The van der Waals surface area contributed by atoms with Gasteiger partial charge in [0.05, 0.1) is 0 Å². The van der Waals surface area contributed by atoms with E-state index in [1.807, 2.05) is 21.6 Å². The molecule has 12 heavy (non-hydrogen) atoms. The first-order chi connectivity index (χ1) is 5.29. The maximum Gasteiger partial charge on any atom is 1.00 e. The van der Waals surface area contributed by atoms with Crippen LogP contribution < -0.4 is 34.7 Å². The van der Waals surface area contributed by atoms with E-state index in [1.165, 1.54) is 12.2 Å². The summed E-state index contributed by atoms with van der Waals surface area (Å²) in [6, 6.07) is 0. The predicted octanol–water partition coefficient (Wildman–Crippen LogP) is -1.94. The Balaban J connectivity index is 0.00000121. The molecule has 2 nitrogen and oxygen atoms in total. The smallest absolute Gasteiger partial charge is 0.550 e. The first-order valence-electron chi connectivity index (χ1n) is 3.77. The van der Waals surface area contributed by atoms with Crippen LogP contribution in [0.15, 0.2) is 0 Å². The van der Waals surface area contributed by atoms with Gasteiger partial charge in [-0.3, -0.25) is 0 Å². The molecule has 1 atom stereocenters. The molecule has 1 aliphatic rings. The van der Waals surface area contributed by atoms with Crippen molar-refractivity contribution in [3.8, 4) is 0 Å². The Hall–Kier alpha value is 1.17. The Labute approximate surface area is 103 Å². The molecule has 1 unspecified atom stereocenters. The van der Waals surface area contributed by atoms with Crippen molar-refractivity contribution in [2.24, 2.45) is 0 Å². The van der Waals surface area contributed by atoms with Crippen molar-refractivity contribution in [3.05, 3.63) is 0 Å². The van der Waals surface area contributed by atoms with Crippen LogP contribution in [-0.4, -0.2) is 17.0 Å². The molecule has 0 amide bonds. The minimum atomic E-state index is -0.916. The van der Waals surface area contributed by atoms with E-state index in [-0.39, 0.29) is 36.0 Å². The molecule has 0 aromatic rings. The fourth-order valence-electron chi connectivity index (χ4n) is 1.04. The summed E-state index contributed by atoms with van der Waals surface area (Å²) in [5, 5.41) is 10.7. The van der Waals surface area contributed by atoms with Crippen LogP contribution >= 0.6 is 21.6 Å². The van der Waals surface area contributed by atoms with E-state index in [4.69, 9.17) is 0 Å². The average molecular weight is 214 g/mol. The minimum absolute atomic E-state index is 0. The van der Waals surface area contributed by atoms with Crippen LogP contribution in [0, 0.1) is 0 Å². The summed E-state index contributed by atoms with van der Waals surface area (Å²) in [5.74, 6) is 0.307. The summed E-state index contributed by atoms with van der Waals surface area (Å²) < 4.78 is 0. The fraction of sp³-hybridized carbons (Fsp3) is 0.857. The van der Waals surface area contributed by atoms with E-state index >= 15 is 0 Å². The van der Waals surface area contributed by atoms with Gasteiger partial charge in [-0.25, -0.2) is 0 Å². The zero-order valence-electron chi connectivity index (χ0n) is 7.25. The van der Waals surface area contributed by atoms with Crippen molar-refractivity contribution < 1.29 is 39.5 Å². The number of rotatable bonds is 4. The minimum Gasteiger partial charge on any atom is -0.550 e. The van der Waals surface area contributed by atoms with Crippen molar-refractivity contribution in [3.63, 3.8) is 0 Å². The van der Waals surface area contributed by atoms with E-state index in [9.17, 15) is 9.90 Å².